The molecular formula is C21H18Cl2N2O3S. The molecule has 2 aromatic carbocycles. The number of nitrogens with one attached hydrogen (secondary N) is 1. The maximum Gasteiger partial charge on any atom is 0.270 e. The van der Waals surface area contributed by atoms with Crippen molar-refractivity contribution in [2.24, 2.45) is 5.92 Å². The number of halogens is 2. The van der Waals surface area contributed by atoms with Gasteiger partial charge in [-0.05, 0) is 54.0 Å². The van der Waals surface area contributed by atoms with E-state index in [1.54, 1.807) is 42.5 Å². The van der Waals surface area contributed by atoms with Crippen LogP contribution in [0, 0.1) is 5.92 Å². The summed E-state index contributed by atoms with van der Waals surface area (Å²) in [7, 11) is 0. The van der Waals surface area contributed by atoms with Crippen molar-refractivity contribution in [1.82, 2.24) is 5.32 Å². The van der Waals surface area contributed by atoms with Gasteiger partial charge in [0.25, 0.3) is 11.8 Å². The lowest BCUT2D eigenvalue weighted by molar-refractivity contribution is -0.122. The van der Waals surface area contributed by atoms with Crippen LogP contribution in [0.3, 0.4) is 0 Å². The number of benzene rings is 2. The molecule has 0 spiro atoms. The molecule has 0 saturated carbocycles. The largest absolute Gasteiger partial charge is 0.493 e. The molecule has 1 N–H and O–H groups in total. The fourth-order valence-electron chi connectivity index (χ4n) is 2.63. The molecular weight excluding hydrogens is 431 g/mol. The van der Waals surface area contributed by atoms with Crippen LogP contribution in [-0.2, 0) is 9.59 Å². The SMILES string of the molecule is CC(C)COc1ccc(/C=C2\C(=O)NC(=S)N(c3cccc(Cl)c3Cl)C2=O)cc1. The van der Waals surface area contributed by atoms with Crippen molar-refractivity contribution in [2.45, 2.75) is 13.8 Å². The number of hydrogen-bond acceptors (Lipinski definition) is 4. The fraction of sp³-hybridized carbons (Fsp3) is 0.190. The van der Waals surface area contributed by atoms with Gasteiger partial charge in [-0.1, -0.05) is 55.2 Å². The lowest BCUT2D eigenvalue weighted by Gasteiger charge is -2.29. The minimum absolute atomic E-state index is 0.0567. The maximum atomic E-state index is 13.0. The number of amides is 2. The summed E-state index contributed by atoms with van der Waals surface area (Å²) in [5.41, 5.74) is 0.911. The van der Waals surface area contributed by atoms with E-state index in [0.717, 1.165) is 4.90 Å². The van der Waals surface area contributed by atoms with Crippen LogP contribution in [0.1, 0.15) is 19.4 Å². The number of nitrogens with zero attached hydrogens (tertiary/aromatic N) is 1. The Hall–Kier alpha value is -2.41. The van der Waals surface area contributed by atoms with Gasteiger partial charge in [-0.25, -0.2) is 0 Å². The van der Waals surface area contributed by atoms with Gasteiger partial charge < -0.3 is 4.74 Å². The van der Waals surface area contributed by atoms with Gasteiger partial charge in [-0.3, -0.25) is 19.8 Å². The van der Waals surface area contributed by atoms with Gasteiger partial charge in [-0.2, -0.15) is 0 Å². The Morgan fingerprint density at radius 3 is 2.48 bits per heavy atom. The van der Waals surface area contributed by atoms with E-state index >= 15 is 0 Å². The molecule has 150 valence electrons. The standard InChI is InChI=1S/C21H18Cl2N2O3S/c1-12(2)11-28-14-8-6-13(7-9-14)10-15-19(26)24-21(29)25(20(15)27)17-5-3-4-16(22)18(17)23/h3-10,12H,11H2,1-2H3,(H,24,26,29)/b15-10+. The second kappa shape index (κ2) is 8.95. The van der Waals surface area contributed by atoms with E-state index in [1.165, 1.54) is 6.08 Å². The van der Waals surface area contributed by atoms with Gasteiger partial charge in [0, 0.05) is 0 Å². The Kier molecular flexibility index (Phi) is 6.57. The summed E-state index contributed by atoms with van der Waals surface area (Å²) < 4.78 is 5.65. The van der Waals surface area contributed by atoms with E-state index in [-0.39, 0.29) is 20.7 Å². The van der Waals surface area contributed by atoms with Crippen LogP contribution in [-0.4, -0.2) is 23.5 Å². The number of thiocarbonyl (C=S) groups is 1. The summed E-state index contributed by atoms with van der Waals surface area (Å²) in [4.78, 5) is 26.6. The highest BCUT2D eigenvalue weighted by Gasteiger charge is 2.35. The zero-order chi connectivity index (χ0) is 21.1. The molecule has 2 amide bonds. The molecule has 0 atom stereocenters. The molecule has 0 aromatic heterocycles. The average molecular weight is 449 g/mol. The highest BCUT2D eigenvalue weighted by molar-refractivity contribution is 7.80. The highest BCUT2D eigenvalue weighted by atomic mass is 35.5. The zero-order valence-corrected chi connectivity index (χ0v) is 18.1. The Morgan fingerprint density at radius 2 is 1.83 bits per heavy atom. The number of hydrogen-bond donors (Lipinski definition) is 1. The molecule has 29 heavy (non-hydrogen) atoms. The zero-order valence-electron chi connectivity index (χ0n) is 15.7. The molecule has 0 unspecified atom stereocenters. The normalized spacial score (nSPS) is 15.8. The summed E-state index contributed by atoms with van der Waals surface area (Å²) in [6, 6.07) is 12.0. The first-order chi connectivity index (χ1) is 13.8. The first-order valence-corrected chi connectivity index (χ1v) is 10.0. The molecule has 8 heteroatoms. The summed E-state index contributed by atoms with van der Waals surface area (Å²) in [5, 5.41) is 2.92. The molecule has 1 aliphatic heterocycles. The summed E-state index contributed by atoms with van der Waals surface area (Å²) >= 11 is 17.5. The smallest absolute Gasteiger partial charge is 0.270 e. The number of carbonyl (C=O) groups is 2. The topological polar surface area (TPSA) is 58.6 Å². The summed E-state index contributed by atoms with van der Waals surface area (Å²) in [5.74, 6) is -0.0279. The van der Waals surface area contributed by atoms with Crippen LogP contribution in [0.25, 0.3) is 6.08 Å². The Bertz CT molecular complexity index is 1000. The van der Waals surface area contributed by atoms with Crippen LogP contribution < -0.4 is 15.0 Å². The molecule has 1 fully saturated rings. The molecule has 1 saturated heterocycles. The van der Waals surface area contributed by atoms with Gasteiger partial charge >= 0.3 is 0 Å². The van der Waals surface area contributed by atoms with E-state index < -0.39 is 11.8 Å². The van der Waals surface area contributed by atoms with Crippen LogP contribution in [0.5, 0.6) is 5.75 Å². The molecule has 5 nitrogen and oxygen atoms in total. The second-order valence-corrected chi connectivity index (χ2v) is 7.98. The minimum atomic E-state index is -0.581. The van der Waals surface area contributed by atoms with E-state index in [2.05, 4.69) is 19.2 Å². The van der Waals surface area contributed by atoms with Crippen LogP contribution in [0.4, 0.5) is 5.69 Å². The predicted molar refractivity (Wildman–Crippen MR) is 119 cm³/mol. The highest BCUT2D eigenvalue weighted by Crippen LogP contribution is 2.34. The average Bonchev–Trinajstić information content (AvgIpc) is 2.67. The number of ether oxygens (including phenoxy) is 1. The molecule has 2 aromatic rings. The number of carbonyl (C=O) groups excluding carboxylic acids is 2. The lowest BCUT2D eigenvalue weighted by Crippen LogP contribution is -2.54. The van der Waals surface area contributed by atoms with Crippen molar-refractivity contribution in [3.63, 3.8) is 0 Å². The molecule has 0 bridgehead atoms. The molecule has 0 aliphatic carbocycles. The third kappa shape index (κ3) is 4.78. The molecule has 1 aliphatic rings. The monoisotopic (exact) mass is 448 g/mol. The van der Waals surface area contributed by atoms with E-state index in [0.29, 0.717) is 29.5 Å². The van der Waals surface area contributed by atoms with Crippen LogP contribution >= 0.6 is 35.4 Å². The lowest BCUT2D eigenvalue weighted by atomic mass is 10.1. The molecule has 1 heterocycles. The van der Waals surface area contributed by atoms with Gasteiger partial charge in [0.1, 0.15) is 11.3 Å². The maximum absolute atomic E-state index is 13.0. The predicted octanol–water partition coefficient (Wildman–Crippen LogP) is 4.86. The van der Waals surface area contributed by atoms with Gasteiger partial charge in [0.2, 0.25) is 0 Å². The fourth-order valence-corrected chi connectivity index (χ4v) is 3.29. The van der Waals surface area contributed by atoms with Crippen molar-refractivity contribution < 1.29 is 14.3 Å². The Morgan fingerprint density at radius 1 is 1.14 bits per heavy atom. The third-order valence-electron chi connectivity index (χ3n) is 4.05. The van der Waals surface area contributed by atoms with Gasteiger partial charge in [-0.15, -0.1) is 0 Å². The first kappa shape index (κ1) is 21.3. The summed E-state index contributed by atoms with van der Waals surface area (Å²) in [6.07, 6.45) is 1.50. The third-order valence-corrected chi connectivity index (χ3v) is 5.14. The van der Waals surface area contributed by atoms with Crippen molar-refractivity contribution >= 4 is 64.1 Å². The Labute approximate surface area is 184 Å². The second-order valence-electron chi connectivity index (χ2n) is 6.80. The minimum Gasteiger partial charge on any atom is -0.493 e. The van der Waals surface area contributed by atoms with Crippen molar-refractivity contribution in [1.29, 1.82) is 0 Å². The van der Waals surface area contributed by atoms with Crippen LogP contribution in [0.15, 0.2) is 48.0 Å². The van der Waals surface area contributed by atoms with Crippen molar-refractivity contribution in [2.75, 3.05) is 11.5 Å². The van der Waals surface area contributed by atoms with Crippen LogP contribution in [0.2, 0.25) is 10.0 Å². The van der Waals surface area contributed by atoms with E-state index in [9.17, 15) is 9.59 Å². The van der Waals surface area contributed by atoms with Gasteiger partial charge in [0.05, 0.1) is 22.3 Å². The first-order valence-electron chi connectivity index (χ1n) is 8.86. The van der Waals surface area contributed by atoms with E-state index in [4.69, 9.17) is 40.2 Å². The quantitative estimate of drug-likeness (QED) is 0.403. The number of rotatable bonds is 5. The number of anilines is 1. The summed E-state index contributed by atoms with van der Waals surface area (Å²) in [6.45, 7) is 4.73. The Balaban J connectivity index is 1.90. The van der Waals surface area contributed by atoms with Gasteiger partial charge in [0.15, 0.2) is 5.11 Å². The molecule has 0 radical (unpaired) electrons. The van der Waals surface area contributed by atoms with E-state index in [1.807, 2.05) is 0 Å². The van der Waals surface area contributed by atoms with Crippen molar-refractivity contribution in [3.8, 4) is 5.75 Å². The molecule has 3 rings (SSSR count). The van der Waals surface area contributed by atoms with Crippen molar-refractivity contribution in [3.05, 3.63) is 63.6 Å².